The Morgan fingerprint density at radius 2 is 1.80 bits per heavy atom. The highest BCUT2D eigenvalue weighted by molar-refractivity contribution is 7.86. The van der Waals surface area contributed by atoms with Gasteiger partial charge < -0.3 is 0 Å². The molecular formula is C4H3FN2O2S. The molecule has 1 heterocycles. The standard InChI is InChI=1S/C4H3FN2O2S/c5-10(8,9)4-1-6-3-7-2-4/h1-3H. The van der Waals surface area contributed by atoms with Crippen LogP contribution in [-0.2, 0) is 10.2 Å². The summed E-state index contributed by atoms with van der Waals surface area (Å²) in [4.78, 5) is 6.12. The van der Waals surface area contributed by atoms with Crippen LogP contribution in [0.4, 0.5) is 3.89 Å². The van der Waals surface area contributed by atoms with Crippen molar-refractivity contribution in [1.29, 1.82) is 0 Å². The van der Waals surface area contributed by atoms with E-state index in [1.807, 2.05) is 0 Å². The fourth-order valence-corrected chi connectivity index (χ4v) is 0.785. The molecule has 1 rings (SSSR count). The molecule has 0 aliphatic carbocycles. The van der Waals surface area contributed by atoms with Crippen molar-refractivity contribution in [2.75, 3.05) is 0 Å². The third-order valence-electron chi connectivity index (χ3n) is 0.818. The van der Waals surface area contributed by atoms with Gasteiger partial charge in [-0.25, -0.2) is 9.97 Å². The van der Waals surface area contributed by atoms with Crippen LogP contribution in [0.1, 0.15) is 0 Å². The van der Waals surface area contributed by atoms with Gasteiger partial charge in [0.2, 0.25) is 0 Å². The van der Waals surface area contributed by atoms with E-state index in [-0.39, 0.29) is 0 Å². The molecule has 0 fully saturated rings. The molecule has 6 heteroatoms. The molecule has 10 heavy (non-hydrogen) atoms. The van der Waals surface area contributed by atoms with Crippen LogP contribution in [0.3, 0.4) is 0 Å². The largest absolute Gasteiger partial charge is 0.335 e. The number of hydrogen-bond acceptors (Lipinski definition) is 4. The van der Waals surface area contributed by atoms with Gasteiger partial charge in [0.25, 0.3) is 0 Å². The smallest absolute Gasteiger partial charge is 0.243 e. The zero-order valence-electron chi connectivity index (χ0n) is 4.73. The van der Waals surface area contributed by atoms with E-state index in [9.17, 15) is 12.3 Å². The minimum atomic E-state index is -4.63. The molecule has 0 saturated carbocycles. The van der Waals surface area contributed by atoms with E-state index in [1.165, 1.54) is 0 Å². The molecule has 1 aromatic heterocycles. The maximum absolute atomic E-state index is 12.0. The van der Waals surface area contributed by atoms with E-state index in [0.717, 1.165) is 18.7 Å². The Bertz CT molecular complexity index is 309. The second-order valence-electron chi connectivity index (χ2n) is 1.51. The van der Waals surface area contributed by atoms with Crippen LogP contribution < -0.4 is 0 Å². The second kappa shape index (κ2) is 2.30. The van der Waals surface area contributed by atoms with Crippen molar-refractivity contribution < 1.29 is 12.3 Å². The highest BCUT2D eigenvalue weighted by atomic mass is 32.3. The molecule has 1 aromatic rings. The molecule has 0 atom stereocenters. The van der Waals surface area contributed by atoms with Gasteiger partial charge in [-0.1, -0.05) is 0 Å². The lowest BCUT2D eigenvalue weighted by Crippen LogP contribution is -1.92. The third kappa shape index (κ3) is 1.47. The molecule has 0 radical (unpaired) electrons. The first-order chi connectivity index (χ1) is 4.61. The van der Waals surface area contributed by atoms with Gasteiger partial charge in [0.1, 0.15) is 11.2 Å². The summed E-state index contributed by atoms with van der Waals surface area (Å²) in [5.74, 6) is 0. The lowest BCUT2D eigenvalue weighted by molar-refractivity contribution is 0.551. The average molecular weight is 162 g/mol. The van der Waals surface area contributed by atoms with Gasteiger partial charge in [-0.2, -0.15) is 8.42 Å². The second-order valence-corrected chi connectivity index (χ2v) is 2.86. The van der Waals surface area contributed by atoms with Crippen LogP contribution in [0.5, 0.6) is 0 Å². The van der Waals surface area contributed by atoms with E-state index in [2.05, 4.69) is 9.97 Å². The van der Waals surface area contributed by atoms with Crippen LogP contribution in [-0.4, -0.2) is 18.4 Å². The Morgan fingerprint density at radius 3 is 2.10 bits per heavy atom. The van der Waals surface area contributed by atoms with Gasteiger partial charge in [-0.05, 0) is 0 Å². The Morgan fingerprint density at radius 1 is 1.30 bits per heavy atom. The Kier molecular flexibility index (Phi) is 1.62. The first kappa shape index (κ1) is 7.07. The van der Waals surface area contributed by atoms with Crippen molar-refractivity contribution in [2.24, 2.45) is 0 Å². The Hall–Kier alpha value is -1.04. The third-order valence-corrected chi connectivity index (χ3v) is 1.59. The van der Waals surface area contributed by atoms with Crippen molar-refractivity contribution in [3.8, 4) is 0 Å². The first-order valence-electron chi connectivity index (χ1n) is 2.30. The van der Waals surface area contributed by atoms with Gasteiger partial charge in [0, 0.05) is 0 Å². The number of hydrogen-bond donors (Lipinski definition) is 0. The predicted molar refractivity (Wildman–Crippen MR) is 30.3 cm³/mol. The van der Waals surface area contributed by atoms with Gasteiger partial charge >= 0.3 is 10.2 Å². The van der Waals surface area contributed by atoms with E-state index in [0.29, 0.717) is 0 Å². The SMILES string of the molecule is O=S(=O)(F)c1cncnc1. The van der Waals surface area contributed by atoms with Crippen molar-refractivity contribution in [3.05, 3.63) is 18.7 Å². The summed E-state index contributed by atoms with van der Waals surface area (Å²) >= 11 is 0. The molecule has 0 bridgehead atoms. The summed E-state index contributed by atoms with van der Waals surface area (Å²) in [5, 5.41) is 0. The van der Waals surface area contributed by atoms with Crippen molar-refractivity contribution in [1.82, 2.24) is 9.97 Å². The minimum Gasteiger partial charge on any atom is -0.243 e. The van der Waals surface area contributed by atoms with Crippen molar-refractivity contribution >= 4 is 10.2 Å². The number of aromatic nitrogens is 2. The summed E-state index contributed by atoms with van der Waals surface area (Å²) < 4.78 is 32.2. The molecule has 0 amide bonds. The van der Waals surface area contributed by atoms with Gasteiger partial charge in [-0.3, -0.25) is 0 Å². The van der Waals surface area contributed by atoms with Crippen LogP contribution in [0, 0.1) is 0 Å². The molecule has 54 valence electrons. The molecule has 0 N–H and O–H groups in total. The zero-order valence-corrected chi connectivity index (χ0v) is 5.55. The lowest BCUT2D eigenvalue weighted by atomic mass is 10.7. The maximum atomic E-state index is 12.0. The molecule has 0 spiro atoms. The average Bonchev–Trinajstić information content (AvgIpc) is 1.88. The summed E-state index contributed by atoms with van der Waals surface area (Å²) in [5.41, 5.74) is 0. The lowest BCUT2D eigenvalue weighted by Gasteiger charge is -1.88. The number of halogens is 1. The quantitative estimate of drug-likeness (QED) is 0.551. The normalized spacial score (nSPS) is 11.3. The number of rotatable bonds is 1. The molecule has 0 aromatic carbocycles. The van der Waals surface area contributed by atoms with E-state index >= 15 is 0 Å². The summed E-state index contributed by atoms with van der Waals surface area (Å²) in [6, 6.07) is 0. The maximum Gasteiger partial charge on any atom is 0.335 e. The van der Waals surface area contributed by atoms with Crippen LogP contribution in [0.25, 0.3) is 0 Å². The predicted octanol–water partition coefficient (Wildman–Crippen LogP) is 0.135. The van der Waals surface area contributed by atoms with Crippen molar-refractivity contribution in [3.63, 3.8) is 0 Å². The van der Waals surface area contributed by atoms with Gasteiger partial charge in [0.05, 0.1) is 12.4 Å². The topological polar surface area (TPSA) is 59.9 Å². The summed E-state index contributed by atoms with van der Waals surface area (Å²) in [7, 11) is -4.63. The van der Waals surface area contributed by atoms with Crippen LogP contribution in [0.2, 0.25) is 0 Å². The minimum absolute atomic E-state index is 0.519. The van der Waals surface area contributed by atoms with Crippen molar-refractivity contribution in [2.45, 2.75) is 4.90 Å². The zero-order chi connectivity index (χ0) is 7.61. The number of nitrogens with zero attached hydrogens (tertiary/aromatic N) is 2. The summed E-state index contributed by atoms with van der Waals surface area (Å²) in [6.07, 6.45) is 2.90. The van der Waals surface area contributed by atoms with Gasteiger partial charge in [0.15, 0.2) is 0 Å². The molecule has 0 aliphatic rings. The van der Waals surface area contributed by atoms with E-state index < -0.39 is 15.1 Å². The molecule has 4 nitrogen and oxygen atoms in total. The van der Waals surface area contributed by atoms with Gasteiger partial charge in [-0.15, -0.1) is 3.89 Å². The molecule has 0 aliphatic heterocycles. The molecular weight excluding hydrogens is 159 g/mol. The fourth-order valence-electron chi connectivity index (χ4n) is 0.411. The fraction of sp³-hybridized carbons (Fsp3) is 0. The highest BCUT2D eigenvalue weighted by Gasteiger charge is 2.10. The first-order valence-corrected chi connectivity index (χ1v) is 3.69. The Balaban J connectivity index is 3.22. The van der Waals surface area contributed by atoms with E-state index in [4.69, 9.17) is 0 Å². The van der Waals surface area contributed by atoms with Crippen LogP contribution >= 0.6 is 0 Å². The monoisotopic (exact) mass is 162 g/mol. The highest BCUT2D eigenvalue weighted by Crippen LogP contribution is 2.06. The summed E-state index contributed by atoms with van der Waals surface area (Å²) in [6.45, 7) is 0. The molecule has 0 unspecified atom stereocenters. The Labute approximate surface area is 57.0 Å². The van der Waals surface area contributed by atoms with Crippen LogP contribution in [0.15, 0.2) is 23.6 Å². The molecule has 0 saturated heterocycles. The van der Waals surface area contributed by atoms with E-state index in [1.54, 1.807) is 0 Å².